The number of nitrogens with one attached hydrogen (secondary N) is 1. The van der Waals surface area contributed by atoms with Crippen LogP contribution in [0, 0.1) is 5.41 Å². The highest BCUT2D eigenvalue weighted by atomic mass is 16.5. The molecule has 0 radical (unpaired) electrons. The van der Waals surface area contributed by atoms with Crippen LogP contribution in [0.4, 0.5) is 0 Å². The number of carbonyl (C=O) groups excluding carboxylic acids is 2. The van der Waals surface area contributed by atoms with E-state index in [4.69, 9.17) is 4.74 Å². The third-order valence-electron chi connectivity index (χ3n) is 4.22. The van der Waals surface area contributed by atoms with E-state index >= 15 is 0 Å². The molecule has 0 spiro atoms. The third-order valence-corrected chi connectivity index (χ3v) is 4.22. The van der Waals surface area contributed by atoms with Gasteiger partial charge in [0.25, 0.3) is 0 Å². The lowest BCUT2D eigenvalue weighted by atomic mass is 9.63. The predicted molar refractivity (Wildman–Crippen MR) is 66.9 cm³/mol. The lowest BCUT2D eigenvalue weighted by Crippen LogP contribution is -2.69. The third kappa shape index (κ3) is 2.00. The van der Waals surface area contributed by atoms with Crippen LogP contribution in [-0.4, -0.2) is 48.1 Å². The monoisotopic (exact) mass is 254 g/mol. The van der Waals surface area contributed by atoms with Gasteiger partial charge in [0.2, 0.25) is 11.8 Å². The molecule has 1 aliphatic heterocycles. The van der Waals surface area contributed by atoms with Crippen molar-refractivity contribution in [3.63, 3.8) is 0 Å². The molecule has 0 aromatic rings. The number of hydrogen-bond acceptors (Lipinski definition) is 3. The minimum absolute atomic E-state index is 0.0163. The van der Waals surface area contributed by atoms with Gasteiger partial charge < -0.3 is 15.0 Å². The molecule has 1 saturated heterocycles. The minimum atomic E-state index is -0.409. The van der Waals surface area contributed by atoms with Crippen molar-refractivity contribution in [2.45, 2.75) is 52.3 Å². The maximum atomic E-state index is 12.1. The summed E-state index contributed by atoms with van der Waals surface area (Å²) >= 11 is 0. The number of ether oxygens (including phenoxy) is 1. The quantitative estimate of drug-likeness (QED) is 0.799. The zero-order chi connectivity index (χ0) is 13.5. The van der Waals surface area contributed by atoms with Gasteiger partial charge in [-0.25, -0.2) is 0 Å². The van der Waals surface area contributed by atoms with Crippen LogP contribution in [0.15, 0.2) is 0 Å². The second-order valence-corrected chi connectivity index (χ2v) is 5.77. The Morgan fingerprint density at radius 2 is 2.11 bits per heavy atom. The molecule has 1 aliphatic carbocycles. The summed E-state index contributed by atoms with van der Waals surface area (Å²) in [5, 5.41) is 2.66. The molecule has 3 atom stereocenters. The number of rotatable bonds is 3. The molecule has 1 saturated carbocycles. The average Bonchev–Trinajstić information content (AvgIpc) is 2.29. The molecule has 1 N–H and O–H groups in total. The number of piperazine rings is 1. The second kappa shape index (κ2) is 4.53. The van der Waals surface area contributed by atoms with E-state index in [1.807, 2.05) is 6.92 Å². The molecule has 2 rings (SSSR count). The van der Waals surface area contributed by atoms with Gasteiger partial charge in [0.15, 0.2) is 0 Å². The molecule has 5 heteroatoms. The van der Waals surface area contributed by atoms with Crippen molar-refractivity contribution in [1.29, 1.82) is 0 Å². The topological polar surface area (TPSA) is 58.6 Å². The van der Waals surface area contributed by atoms with Crippen LogP contribution in [0.5, 0.6) is 0 Å². The van der Waals surface area contributed by atoms with Gasteiger partial charge in [-0.05, 0) is 20.3 Å². The average molecular weight is 254 g/mol. The van der Waals surface area contributed by atoms with Gasteiger partial charge in [0.05, 0.1) is 12.6 Å². The van der Waals surface area contributed by atoms with E-state index in [-0.39, 0.29) is 35.9 Å². The van der Waals surface area contributed by atoms with Crippen molar-refractivity contribution >= 4 is 11.8 Å². The Bertz CT molecular complexity index is 367. The highest BCUT2D eigenvalue weighted by molar-refractivity contribution is 5.94. The molecule has 2 fully saturated rings. The maximum absolute atomic E-state index is 12.1. The van der Waals surface area contributed by atoms with Crippen LogP contribution in [0.25, 0.3) is 0 Å². The summed E-state index contributed by atoms with van der Waals surface area (Å²) in [6.45, 7) is 8.78. The van der Waals surface area contributed by atoms with Gasteiger partial charge in [0.1, 0.15) is 6.04 Å². The van der Waals surface area contributed by atoms with Gasteiger partial charge in [-0.1, -0.05) is 13.8 Å². The predicted octanol–water partition coefficient (Wildman–Crippen LogP) is 0.537. The molecule has 1 heterocycles. The highest BCUT2D eigenvalue weighted by Crippen LogP contribution is 2.46. The van der Waals surface area contributed by atoms with Crippen molar-refractivity contribution in [3.8, 4) is 0 Å². The molecule has 3 unspecified atom stereocenters. The Hall–Kier alpha value is -1.10. The zero-order valence-corrected chi connectivity index (χ0v) is 11.5. The first-order valence-electron chi connectivity index (χ1n) is 6.59. The van der Waals surface area contributed by atoms with Crippen molar-refractivity contribution < 1.29 is 14.3 Å². The SMILES string of the molecule is CCOC1CC(N2CC(=O)NC(C)C2=O)C1(C)C. The summed E-state index contributed by atoms with van der Waals surface area (Å²) in [6.07, 6.45) is 1.01. The molecule has 0 aromatic heterocycles. The Morgan fingerprint density at radius 3 is 2.67 bits per heavy atom. The molecular weight excluding hydrogens is 232 g/mol. The number of nitrogens with zero attached hydrogens (tertiary/aromatic N) is 1. The van der Waals surface area contributed by atoms with E-state index in [0.717, 1.165) is 6.42 Å². The maximum Gasteiger partial charge on any atom is 0.245 e. The molecule has 0 bridgehead atoms. The summed E-state index contributed by atoms with van der Waals surface area (Å²) in [4.78, 5) is 25.4. The first kappa shape index (κ1) is 13.3. The molecule has 0 aromatic carbocycles. The fraction of sp³-hybridized carbons (Fsp3) is 0.846. The lowest BCUT2D eigenvalue weighted by molar-refractivity contribution is -0.174. The van der Waals surface area contributed by atoms with E-state index < -0.39 is 6.04 Å². The number of carbonyl (C=O) groups is 2. The van der Waals surface area contributed by atoms with E-state index in [0.29, 0.717) is 6.61 Å². The molecule has 102 valence electrons. The van der Waals surface area contributed by atoms with Gasteiger partial charge in [0, 0.05) is 18.1 Å². The fourth-order valence-electron chi connectivity index (χ4n) is 2.97. The summed E-state index contributed by atoms with van der Waals surface area (Å²) in [5.74, 6) is -0.0552. The van der Waals surface area contributed by atoms with Crippen molar-refractivity contribution in [3.05, 3.63) is 0 Å². The van der Waals surface area contributed by atoms with Gasteiger partial charge in [-0.3, -0.25) is 9.59 Å². The van der Waals surface area contributed by atoms with Gasteiger partial charge in [-0.2, -0.15) is 0 Å². The van der Waals surface area contributed by atoms with Crippen LogP contribution < -0.4 is 5.32 Å². The summed E-state index contributed by atoms with van der Waals surface area (Å²) in [6, 6.07) is -0.303. The number of hydrogen-bond donors (Lipinski definition) is 1. The van der Waals surface area contributed by atoms with E-state index in [2.05, 4.69) is 19.2 Å². The summed E-state index contributed by atoms with van der Waals surface area (Å²) in [7, 11) is 0. The first-order chi connectivity index (χ1) is 8.37. The Morgan fingerprint density at radius 1 is 1.44 bits per heavy atom. The van der Waals surface area contributed by atoms with Crippen LogP contribution in [0.2, 0.25) is 0 Å². The molecule has 2 aliphatic rings. The van der Waals surface area contributed by atoms with E-state index in [9.17, 15) is 9.59 Å². The number of amides is 2. The van der Waals surface area contributed by atoms with Crippen molar-refractivity contribution in [1.82, 2.24) is 10.2 Å². The second-order valence-electron chi connectivity index (χ2n) is 5.77. The summed E-state index contributed by atoms with van der Waals surface area (Å²) < 4.78 is 5.66. The van der Waals surface area contributed by atoms with Gasteiger partial charge >= 0.3 is 0 Å². The van der Waals surface area contributed by atoms with Crippen molar-refractivity contribution in [2.24, 2.45) is 5.41 Å². The highest BCUT2D eigenvalue weighted by Gasteiger charge is 2.54. The van der Waals surface area contributed by atoms with Crippen LogP contribution in [0.1, 0.15) is 34.1 Å². The smallest absolute Gasteiger partial charge is 0.245 e. The molecular formula is C13H22N2O3. The van der Waals surface area contributed by atoms with Crippen LogP contribution in [-0.2, 0) is 14.3 Å². The Balaban J connectivity index is 2.08. The first-order valence-corrected chi connectivity index (χ1v) is 6.59. The molecule has 5 nitrogen and oxygen atoms in total. The van der Waals surface area contributed by atoms with Crippen LogP contribution >= 0.6 is 0 Å². The Kier molecular flexibility index (Phi) is 3.36. The zero-order valence-electron chi connectivity index (χ0n) is 11.5. The lowest BCUT2D eigenvalue weighted by Gasteiger charge is -2.56. The largest absolute Gasteiger partial charge is 0.378 e. The van der Waals surface area contributed by atoms with E-state index in [1.54, 1.807) is 11.8 Å². The van der Waals surface area contributed by atoms with Crippen LogP contribution in [0.3, 0.4) is 0 Å². The van der Waals surface area contributed by atoms with E-state index in [1.165, 1.54) is 0 Å². The van der Waals surface area contributed by atoms with Gasteiger partial charge in [-0.15, -0.1) is 0 Å². The normalized spacial score (nSPS) is 35.1. The Labute approximate surface area is 108 Å². The standard InChI is InChI=1S/C13H22N2O3/c1-5-18-10-6-9(13(10,3)4)15-7-11(16)14-8(2)12(15)17/h8-10H,5-7H2,1-4H3,(H,14,16). The summed E-state index contributed by atoms with van der Waals surface area (Å²) in [5.41, 5.74) is -0.0803. The minimum Gasteiger partial charge on any atom is -0.378 e. The molecule has 18 heavy (non-hydrogen) atoms. The molecule has 2 amide bonds. The van der Waals surface area contributed by atoms with Crippen molar-refractivity contribution in [2.75, 3.05) is 13.2 Å². The fourth-order valence-corrected chi connectivity index (χ4v) is 2.97.